The number of hydrogen-bond acceptors (Lipinski definition) is 3. The Bertz CT molecular complexity index is 800. The minimum Gasteiger partial charge on any atom is -0.345 e. The van der Waals surface area contributed by atoms with Crippen LogP contribution in [0.25, 0.3) is 6.08 Å². The first kappa shape index (κ1) is 19.8. The highest BCUT2D eigenvalue weighted by atomic mass is 16.2. The van der Waals surface area contributed by atoms with Crippen molar-refractivity contribution in [2.75, 3.05) is 26.2 Å². The molecule has 1 saturated heterocycles. The van der Waals surface area contributed by atoms with Gasteiger partial charge in [0.2, 0.25) is 0 Å². The number of rotatable bonds is 7. The molecule has 0 atom stereocenters. The van der Waals surface area contributed by atoms with Gasteiger partial charge in [0, 0.05) is 18.0 Å². The molecule has 2 heterocycles. The number of quaternary nitrogens is 1. The van der Waals surface area contributed by atoms with E-state index in [0.29, 0.717) is 12.1 Å². The van der Waals surface area contributed by atoms with Crippen LogP contribution >= 0.6 is 0 Å². The Kier molecular flexibility index (Phi) is 7.32. The van der Waals surface area contributed by atoms with Crippen molar-refractivity contribution < 1.29 is 14.5 Å². The highest BCUT2D eigenvalue weighted by molar-refractivity contribution is 6.05. The van der Waals surface area contributed by atoms with E-state index >= 15 is 0 Å². The molecule has 1 fully saturated rings. The van der Waals surface area contributed by atoms with Gasteiger partial charge in [0.25, 0.3) is 11.8 Å². The number of nitrogens with zero attached hydrogens (tertiary/aromatic N) is 1. The standard InChI is InChI=1S/C22H26N4O2/c27-21(19-9-3-1-4-10-19)25-20(16-18-8-7-11-23-17-18)22(28)24-12-15-26-13-5-2-6-14-26/h1,3-4,7-11,16-17H,2,5-6,12-15H2,(H,24,28)(H,25,27)/p+1/b20-16-. The molecule has 28 heavy (non-hydrogen) atoms. The molecule has 0 saturated carbocycles. The molecule has 1 aliphatic heterocycles. The SMILES string of the molecule is O=C(NCC[NH+]1CCCCC1)/C(=C/c1cccnc1)NC(=O)c1ccccc1. The molecule has 1 aromatic carbocycles. The Labute approximate surface area is 165 Å². The van der Waals surface area contributed by atoms with Crippen molar-refractivity contribution in [2.45, 2.75) is 19.3 Å². The molecule has 6 heteroatoms. The summed E-state index contributed by atoms with van der Waals surface area (Å²) in [6, 6.07) is 12.5. The van der Waals surface area contributed by atoms with Crippen molar-refractivity contribution in [3.8, 4) is 0 Å². The summed E-state index contributed by atoms with van der Waals surface area (Å²) < 4.78 is 0. The number of hydrogen-bond donors (Lipinski definition) is 3. The van der Waals surface area contributed by atoms with Gasteiger partial charge in [-0.05, 0) is 49.1 Å². The first-order valence-corrected chi connectivity index (χ1v) is 9.82. The van der Waals surface area contributed by atoms with Gasteiger partial charge in [-0.25, -0.2) is 0 Å². The van der Waals surface area contributed by atoms with E-state index in [0.717, 1.165) is 12.1 Å². The lowest BCUT2D eigenvalue weighted by atomic mass is 10.1. The number of benzene rings is 1. The minimum absolute atomic E-state index is 0.218. The van der Waals surface area contributed by atoms with Gasteiger partial charge in [0.05, 0.1) is 26.2 Å². The van der Waals surface area contributed by atoms with Crippen molar-refractivity contribution in [3.63, 3.8) is 0 Å². The Balaban J connectivity index is 1.65. The number of pyridine rings is 1. The third kappa shape index (κ3) is 6.03. The van der Waals surface area contributed by atoms with E-state index in [9.17, 15) is 9.59 Å². The zero-order valence-electron chi connectivity index (χ0n) is 16.0. The lowest BCUT2D eigenvalue weighted by molar-refractivity contribution is -0.903. The lowest BCUT2D eigenvalue weighted by Gasteiger charge is -2.23. The van der Waals surface area contributed by atoms with E-state index < -0.39 is 0 Å². The van der Waals surface area contributed by atoms with Crippen LogP contribution in [0.3, 0.4) is 0 Å². The molecule has 6 nitrogen and oxygen atoms in total. The Morgan fingerprint density at radius 1 is 1.04 bits per heavy atom. The molecule has 1 aliphatic rings. The number of piperidine rings is 1. The maximum Gasteiger partial charge on any atom is 0.268 e. The summed E-state index contributed by atoms with van der Waals surface area (Å²) in [4.78, 5) is 30.8. The average Bonchev–Trinajstić information content (AvgIpc) is 2.75. The Morgan fingerprint density at radius 3 is 2.54 bits per heavy atom. The van der Waals surface area contributed by atoms with E-state index in [1.807, 2.05) is 12.1 Å². The van der Waals surface area contributed by atoms with Crippen molar-refractivity contribution in [2.24, 2.45) is 0 Å². The second-order valence-corrected chi connectivity index (χ2v) is 6.98. The fraction of sp³-hybridized carbons (Fsp3) is 0.318. The van der Waals surface area contributed by atoms with Crippen LogP contribution in [0.4, 0.5) is 0 Å². The van der Waals surface area contributed by atoms with Gasteiger partial charge in [0.1, 0.15) is 5.70 Å². The predicted molar refractivity (Wildman–Crippen MR) is 109 cm³/mol. The van der Waals surface area contributed by atoms with E-state index in [1.54, 1.807) is 48.8 Å². The first-order chi connectivity index (χ1) is 13.7. The van der Waals surface area contributed by atoms with Crippen LogP contribution in [-0.2, 0) is 4.79 Å². The van der Waals surface area contributed by atoms with Gasteiger partial charge in [0.15, 0.2) is 0 Å². The number of amides is 2. The summed E-state index contributed by atoms with van der Waals surface area (Å²) in [6.07, 6.45) is 8.78. The van der Waals surface area contributed by atoms with E-state index in [1.165, 1.54) is 37.3 Å². The average molecular weight is 379 g/mol. The molecular formula is C22H27N4O2+. The van der Waals surface area contributed by atoms with E-state index in [-0.39, 0.29) is 17.5 Å². The number of aromatic nitrogens is 1. The smallest absolute Gasteiger partial charge is 0.268 e. The zero-order chi connectivity index (χ0) is 19.6. The van der Waals surface area contributed by atoms with Crippen LogP contribution in [0, 0.1) is 0 Å². The van der Waals surface area contributed by atoms with Crippen LogP contribution in [0.1, 0.15) is 35.2 Å². The fourth-order valence-corrected chi connectivity index (χ4v) is 3.32. The Morgan fingerprint density at radius 2 is 1.82 bits per heavy atom. The van der Waals surface area contributed by atoms with Crippen molar-refractivity contribution in [1.29, 1.82) is 0 Å². The topological polar surface area (TPSA) is 75.5 Å². The van der Waals surface area contributed by atoms with Gasteiger partial charge in [-0.15, -0.1) is 0 Å². The number of carbonyl (C=O) groups is 2. The van der Waals surface area contributed by atoms with Gasteiger partial charge >= 0.3 is 0 Å². The second-order valence-electron chi connectivity index (χ2n) is 6.98. The van der Waals surface area contributed by atoms with Crippen molar-refractivity contribution in [3.05, 3.63) is 71.7 Å². The molecule has 0 bridgehead atoms. The number of nitrogens with one attached hydrogen (secondary N) is 3. The Hall–Kier alpha value is -2.99. The summed E-state index contributed by atoms with van der Waals surface area (Å²) >= 11 is 0. The van der Waals surface area contributed by atoms with Crippen molar-refractivity contribution in [1.82, 2.24) is 15.6 Å². The summed E-state index contributed by atoms with van der Waals surface area (Å²) in [5, 5.41) is 5.69. The fourth-order valence-electron chi connectivity index (χ4n) is 3.32. The molecule has 0 spiro atoms. The van der Waals surface area contributed by atoms with Crippen LogP contribution in [0.5, 0.6) is 0 Å². The zero-order valence-corrected chi connectivity index (χ0v) is 16.0. The minimum atomic E-state index is -0.312. The van der Waals surface area contributed by atoms with Gasteiger partial charge in [-0.3, -0.25) is 14.6 Å². The van der Waals surface area contributed by atoms with Gasteiger partial charge in [-0.2, -0.15) is 0 Å². The first-order valence-electron chi connectivity index (χ1n) is 9.82. The monoisotopic (exact) mass is 379 g/mol. The van der Waals surface area contributed by atoms with Crippen molar-refractivity contribution >= 4 is 17.9 Å². The second kappa shape index (κ2) is 10.4. The number of carbonyl (C=O) groups excluding carboxylic acids is 2. The predicted octanol–water partition coefficient (Wildman–Crippen LogP) is 1.04. The molecule has 146 valence electrons. The molecule has 2 amide bonds. The lowest BCUT2D eigenvalue weighted by Crippen LogP contribution is -3.13. The number of likely N-dealkylation sites (tertiary alicyclic amines) is 1. The van der Waals surface area contributed by atoms with Crippen LogP contribution < -0.4 is 15.5 Å². The quantitative estimate of drug-likeness (QED) is 0.629. The van der Waals surface area contributed by atoms with Gasteiger partial charge < -0.3 is 15.5 Å². The van der Waals surface area contributed by atoms with Crippen LogP contribution in [-0.4, -0.2) is 43.0 Å². The highest BCUT2D eigenvalue weighted by Crippen LogP contribution is 2.06. The molecule has 1 aromatic heterocycles. The maximum absolute atomic E-state index is 12.7. The molecule has 3 N–H and O–H groups in total. The summed E-state index contributed by atoms with van der Waals surface area (Å²) in [5.41, 5.74) is 1.48. The van der Waals surface area contributed by atoms with Crippen LogP contribution in [0.2, 0.25) is 0 Å². The molecule has 0 radical (unpaired) electrons. The normalized spacial score (nSPS) is 15.1. The van der Waals surface area contributed by atoms with Crippen LogP contribution in [0.15, 0.2) is 60.6 Å². The van der Waals surface area contributed by atoms with E-state index in [2.05, 4.69) is 15.6 Å². The molecule has 3 rings (SSSR count). The molecule has 2 aromatic rings. The third-order valence-electron chi connectivity index (χ3n) is 4.85. The maximum atomic E-state index is 12.7. The summed E-state index contributed by atoms with van der Waals surface area (Å²) in [5.74, 6) is -0.600. The highest BCUT2D eigenvalue weighted by Gasteiger charge is 2.16. The van der Waals surface area contributed by atoms with Gasteiger partial charge in [-0.1, -0.05) is 24.3 Å². The molecular weight excluding hydrogens is 352 g/mol. The molecule has 0 aliphatic carbocycles. The molecule has 0 unspecified atom stereocenters. The largest absolute Gasteiger partial charge is 0.345 e. The third-order valence-corrected chi connectivity index (χ3v) is 4.85. The van der Waals surface area contributed by atoms with E-state index in [4.69, 9.17) is 0 Å². The summed E-state index contributed by atoms with van der Waals surface area (Å²) in [6.45, 7) is 3.82. The summed E-state index contributed by atoms with van der Waals surface area (Å²) in [7, 11) is 0.